The standard InChI is InChI=1S/C17H14N2O4/c1-23-17(20)11-12-6-9-16(19(21)22)14(10-12)8-7-13-4-2-3-5-15(13)18/h2-6,9-10H,11,18H2,1H3. The summed E-state index contributed by atoms with van der Waals surface area (Å²) in [7, 11) is 1.28. The van der Waals surface area contributed by atoms with Crippen LogP contribution >= 0.6 is 0 Å². The lowest BCUT2D eigenvalue weighted by atomic mass is 10.1. The van der Waals surface area contributed by atoms with Crippen molar-refractivity contribution in [2.75, 3.05) is 12.8 Å². The molecule has 0 bridgehead atoms. The Morgan fingerprint density at radius 2 is 1.91 bits per heavy atom. The lowest BCUT2D eigenvalue weighted by Crippen LogP contribution is -2.05. The Balaban J connectivity index is 2.43. The van der Waals surface area contributed by atoms with Crippen LogP contribution in [0.3, 0.4) is 0 Å². The number of rotatable bonds is 3. The summed E-state index contributed by atoms with van der Waals surface area (Å²) in [5, 5.41) is 11.1. The highest BCUT2D eigenvalue weighted by Gasteiger charge is 2.14. The first-order chi connectivity index (χ1) is 11.0. The number of esters is 1. The number of methoxy groups -OCH3 is 1. The highest BCUT2D eigenvalue weighted by atomic mass is 16.6. The molecule has 0 atom stereocenters. The maximum atomic E-state index is 11.3. The fourth-order valence-corrected chi connectivity index (χ4v) is 1.94. The van der Waals surface area contributed by atoms with Gasteiger partial charge in [-0.25, -0.2) is 0 Å². The number of ether oxygens (including phenoxy) is 1. The fourth-order valence-electron chi connectivity index (χ4n) is 1.94. The summed E-state index contributed by atoms with van der Waals surface area (Å²) in [6.07, 6.45) is 0.0245. The molecule has 0 aliphatic carbocycles. The molecule has 23 heavy (non-hydrogen) atoms. The van der Waals surface area contributed by atoms with Crippen molar-refractivity contribution in [3.63, 3.8) is 0 Å². The molecule has 0 heterocycles. The average Bonchev–Trinajstić information content (AvgIpc) is 2.54. The van der Waals surface area contributed by atoms with Crippen molar-refractivity contribution in [3.8, 4) is 11.8 Å². The van der Waals surface area contributed by atoms with E-state index in [1.54, 1.807) is 24.3 Å². The van der Waals surface area contributed by atoms with Crippen molar-refractivity contribution in [1.29, 1.82) is 0 Å². The van der Waals surface area contributed by atoms with E-state index in [-0.39, 0.29) is 17.7 Å². The molecule has 0 fully saturated rings. The van der Waals surface area contributed by atoms with Crippen molar-refractivity contribution in [1.82, 2.24) is 0 Å². The Hall–Kier alpha value is -3.33. The fraction of sp³-hybridized carbons (Fsp3) is 0.118. The van der Waals surface area contributed by atoms with Gasteiger partial charge in [-0.2, -0.15) is 0 Å². The molecule has 116 valence electrons. The predicted molar refractivity (Wildman–Crippen MR) is 85.7 cm³/mol. The summed E-state index contributed by atoms with van der Waals surface area (Å²) in [6.45, 7) is 0. The number of nitro groups is 1. The van der Waals surface area contributed by atoms with E-state index < -0.39 is 10.9 Å². The van der Waals surface area contributed by atoms with Gasteiger partial charge in [0.2, 0.25) is 0 Å². The topological polar surface area (TPSA) is 95.5 Å². The zero-order valence-corrected chi connectivity index (χ0v) is 12.4. The van der Waals surface area contributed by atoms with Crippen LogP contribution in [0.25, 0.3) is 0 Å². The monoisotopic (exact) mass is 310 g/mol. The first kappa shape index (κ1) is 16.0. The predicted octanol–water partition coefficient (Wildman–Crippen LogP) is 2.29. The van der Waals surface area contributed by atoms with E-state index in [0.717, 1.165) is 0 Å². The lowest BCUT2D eigenvalue weighted by molar-refractivity contribution is -0.385. The number of carbonyl (C=O) groups is 1. The first-order valence-electron chi connectivity index (χ1n) is 6.72. The SMILES string of the molecule is COC(=O)Cc1ccc([N+](=O)[O-])c(C#Cc2ccccc2N)c1. The molecule has 0 aliphatic rings. The second-order valence-corrected chi connectivity index (χ2v) is 4.70. The van der Waals surface area contributed by atoms with E-state index in [9.17, 15) is 14.9 Å². The minimum atomic E-state index is -0.514. The van der Waals surface area contributed by atoms with Gasteiger partial charge in [-0.1, -0.05) is 30.0 Å². The summed E-state index contributed by atoms with van der Waals surface area (Å²) in [5.41, 5.74) is 7.56. The molecule has 0 saturated heterocycles. The average molecular weight is 310 g/mol. The van der Waals surface area contributed by atoms with E-state index in [0.29, 0.717) is 16.8 Å². The Bertz CT molecular complexity index is 819. The first-order valence-corrected chi connectivity index (χ1v) is 6.72. The molecule has 6 heteroatoms. The quantitative estimate of drug-likeness (QED) is 0.308. The van der Waals surface area contributed by atoms with Crippen LogP contribution in [-0.4, -0.2) is 18.0 Å². The van der Waals surface area contributed by atoms with E-state index in [4.69, 9.17) is 5.73 Å². The number of nitrogen functional groups attached to an aromatic ring is 1. The summed E-state index contributed by atoms with van der Waals surface area (Å²) in [4.78, 5) is 21.9. The van der Waals surface area contributed by atoms with Crippen molar-refractivity contribution in [3.05, 3.63) is 69.3 Å². The van der Waals surface area contributed by atoms with E-state index in [2.05, 4.69) is 16.6 Å². The van der Waals surface area contributed by atoms with Crippen LogP contribution in [0.5, 0.6) is 0 Å². The van der Waals surface area contributed by atoms with Crippen LogP contribution in [0.2, 0.25) is 0 Å². The van der Waals surface area contributed by atoms with Gasteiger partial charge in [-0.05, 0) is 23.8 Å². The van der Waals surface area contributed by atoms with Gasteiger partial charge in [-0.3, -0.25) is 14.9 Å². The van der Waals surface area contributed by atoms with Gasteiger partial charge in [-0.15, -0.1) is 0 Å². The van der Waals surface area contributed by atoms with E-state index in [1.807, 2.05) is 0 Å². The van der Waals surface area contributed by atoms with Crippen LogP contribution < -0.4 is 5.73 Å². The minimum absolute atomic E-state index is 0.0245. The van der Waals surface area contributed by atoms with Crippen LogP contribution in [0.15, 0.2) is 42.5 Å². The molecule has 6 nitrogen and oxygen atoms in total. The number of nitro benzene ring substituents is 1. The number of carbonyl (C=O) groups excluding carboxylic acids is 1. The van der Waals surface area contributed by atoms with Crippen molar-refractivity contribution < 1.29 is 14.5 Å². The molecule has 0 aromatic heterocycles. The van der Waals surface area contributed by atoms with Gasteiger partial charge in [0.15, 0.2) is 0 Å². The Morgan fingerprint density at radius 1 is 1.22 bits per heavy atom. The number of benzene rings is 2. The van der Waals surface area contributed by atoms with E-state index in [1.165, 1.54) is 25.3 Å². The second kappa shape index (κ2) is 7.09. The maximum absolute atomic E-state index is 11.3. The third kappa shape index (κ3) is 4.08. The molecule has 2 N–H and O–H groups in total. The van der Waals surface area contributed by atoms with Crippen molar-refractivity contribution in [2.24, 2.45) is 0 Å². The third-order valence-electron chi connectivity index (χ3n) is 3.13. The van der Waals surface area contributed by atoms with Gasteiger partial charge in [0.05, 0.1) is 18.5 Å². The number of nitrogens with two attached hydrogens (primary N) is 1. The van der Waals surface area contributed by atoms with Crippen LogP contribution in [0, 0.1) is 22.0 Å². The third-order valence-corrected chi connectivity index (χ3v) is 3.13. The number of hydrogen-bond acceptors (Lipinski definition) is 5. The highest BCUT2D eigenvalue weighted by Crippen LogP contribution is 2.20. The lowest BCUT2D eigenvalue weighted by Gasteiger charge is -2.02. The van der Waals surface area contributed by atoms with Crippen LogP contribution in [-0.2, 0) is 16.0 Å². The summed E-state index contributed by atoms with van der Waals surface area (Å²) >= 11 is 0. The van der Waals surface area contributed by atoms with Crippen LogP contribution in [0.4, 0.5) is 11.4 Å². The zero-order chi connectivity index (χ0) is 16.8. The number of nitrogens with zero attached hydrogens (tertiary/aromatic N) is 1. The number of hydrogen-bond donors (Lipinski definition) is 1. The van der Waals surface area contributed by atoms with Gasteiger partial charge in [0.1, 0.15) is 5.56 Å². The highest BCUT2D eigenvalue weighted by molar-refractivity contribution is 5.73. The summed E-state index contributed by atoms with van der Waals surface area (Å²) < 4.78 is 4.59. The molecule has 0 radical (unpaired) electrons. The summed E-state index contributed by atoms with van der Waals surface area (Å²) in [5.74, 6) is 5.16. The normalized spacial score (nSPS) is 9.61. The molecular weight excluding hydrogens is 296 g/mol. The van der Waals surface area contributed by atoms with Crippen LogP contribution in [0.1, 0.15) is 16.7 Å². The largest absolute Gasteiger partial charge is 0.469 e. The minimum Gasteiger partial charge on any atom is -0.469 e. The molecular formula is C17H14N2O4. The smallest absolute Gasteiger partial charge is 0.309 e. The molecule has 0 saturated carbocycles. The van der Waals surface area contributed by atoms with Gasteiger partial charge >= 0.3 is 5.97 Å². The molecule has 0 amide bonds. The molecule has 2 aromatic rings. The second-order valence-electron chi connectivity index (χ2n) is 4.70. The van der Waals surface area contributed by atoms with Gasteiger partial charge in [0.25, 0.3) is 5.69 Å². The number of anilines is 1. The molecule has 2 aromatic carbocycles. The van der Waals surface area contributed by atoms with Crippen molar-refractivity contribution in [2.45, 2.75) is 6.42 Å². The van der Waals surface area contributed by atoms with Gasteiger partial charge in [0, 0.05) is 17.3 Å². The molecule has 2 rings (SSSR count). The summed E-state index contributed by atoms with van der Waals surface area (Å²) in [6, 6.07) is 11.3. The van der Waals surface area contributed by atoms with E-state index >= 15 is 0 Å². The molecule has 0 spiro atoms. The Kier molecular flexibility index (Phi) is 4.95. The molecule has 0 aliphatic heterocycles. The molecule has 0 unspecified atom stereocenters. The maximum Gasteiger partial charge on any atom is 0.309 e. The Morgan fingerprint density at radius 3 is 2.57 bits per heavy atom. The zero-order valence-electron chi connectivity index (χ0n) is 12.4. The number of para-hydroxylation sites is 1. The van der Waals surface area contributed by atoms with Crippen molar-refractivity contribution >= 4 is 17.3 Å². The van der Waals surface area contributed by atoms with Gasteiger partial charge < -0.3 is 10.5 Å². The Labute approximate surface area is 133 Å².